The second kappa shape index (κ2) is 7.47. The predicted octanol–water partition coefficient (Wildman–Crippen LogP) is 3.56. The summed E-state index contributed by atoms with van der Waals surface area (Å²) in [7, 11) is 1.68. The molecule has 1 aromatic heterocycles. The van der Waals surface area contributed by atoms with Crippen molar-refractivity contribution in [1.82, 2.24) is 9.88 Å². The van der Waals surface area contributed by atoms with Crippen molar-refractivity contribution < 1.29 is 9.53 Å². The van der Waals surface area contributed by atoms with Crippen LogP contribution in [0.4, 0.5) is 0 Å². The van der Waals surface area contributed by atoms with Crippen LogP contribution in [0.3, 0.4) is 0 Å². The number of amides is 1. The number of aryl methyl sites for hydroxylation is 1. The summed E-state index contributed by atoms with van der Waals surface area (Å²) < 4.78 is 5.33. The molecule has 0 N–H and O–H groups in total. The van der Waals surface area contributed by atoms with Crippen molar-refractivity contribution >= 4 is 5.91 Å². The molecule has 0 bridgehead atoms. The molecular formula is C20H24N2O2. The van der Waals surface area contributed by atoms with E-state index in [1.165, 1.54) is 16.7 Å². The third-order valence-electron chi connectivity index (χ3n) is 4.79. The molecule has 4 nitrogen and oxygen atoms in total. The molecule has 1 aromatic carbocycles. The largest absolute Gasteiger partial charge is 0.497 e. The minimum atomic E-state index is 0.106. The van der Waals surface area contributed by atoms with Gasteiger partial charge in [-0.25, -0.2) is 0 Å². The number of carbonyl (C=O) groups excluding carboxylic acids is 1. The third kappa shape index (κ3) is 3.58. The number of methoxy groups -OCH3 is 1. The van der Waals surface area contributed by atoms with Gasteiger partial charge < -0.3 is 9.64 Å². The van der Waals surface area contributed by atoms with Gasteiger partial charge in [0.2, 0.25) is 5.91 Å². The molecule has 2 heterocycles. The predicted molar refractivity (Wildman–Crippen MR) is 94.0 cm³/mol. The molecule has 0 radical (unpaired) electrons. The molecule has 1 atom stereocenters. The van der Waals surface area contributed by atoms with Gasteiger partial charge in [-0.15, -0.1) is 0 Å². The molecular weight excluding hydrogens is 300 g/mol. The fourth-order valence-electron chi connectivity index (χ4n) is 3.39. The van der Waals surface area contributed by atoms with Gasteiger partial charge >= 0.3 is 0 Å². The first-order valence-corrected chi connectivity index (χ1v) is 8.54. The number of fused-ring (bicyclic) bond motifs is 1. The summed E-state index contributed by atoms with van der Waals surface area (Å²) in [6.07, 6.45) is 6.90. The molecule has 1 aliphatic rings. The van der Waals surface area contributed by atoms with Crippen LogP contribution in [0.1, 0.15) is 42.5 Å². The summed E-state index contributed by atoms with van der Waals surface area (Å²) in [5.74, 6) is 1.09. The molecule has 1 aliphatic heterocycles. The van der Waals surface area contributed by atoms with E-state index < -0.39 is 0 Å². The standard InChI is InChI=1S/C20H24N2O2/c1-15-19-13-18(24-2)9-8-17(19)10-12-22(15)20(23)7-3-5-16-6-4-11-21-14-16/h4,6,8-9,11,13-15H,3,5,7,10,12H2,1-2H3. The normalized spacial score (nSPS) is 16.6. The SMILES string of the molecule is COc1ccc2c(c1)C(C)N(C(=O)CCCc1cccnc1)CC2. The van der Waals surface area contributed by atoms with Crippen LogP contribution in [-0.4, -0.2) is 29.4 Å². The zero-order valence-corrected chi connectivity index (χ0v) is 14.4. The molecule has 2 aromatic rings. The Balaban J connectivity index is 1.61. The average Bonchev–Trinajstić information content (AvgIpc) is 2.62. The van der Waals surface area contributed by atoms with E-state index in [0.717, 1.165) is 31.6 Å². The fraction of sp³-hybridized carbons (Fsp3) is 0.400. The van der Waals surface area contributed by atoms with Crippen LogP contribution in [0, 0.1) is 0 Å². The van der Waals surface area contributed by atoms with Crippen LogP contribution in [0.5, 0.6) is 5.75 Å². The molecule has 0 spiro atoms. The number of pyridine rings is 1. The second-order valence-electron chi connectivity index (χ2n) is 6.29. The lowest BCUT2D eigenvalue weighted by atomic mass is 9.93. The van der Waals surface area contributed by atoms with E-state index in [0.29, 0.717) is 6.42 Å². The van der Waals surface area contributed by atoms with Crippen LogP contribution in [0.25, 0.3) is 0 Å². The Hall–Kier alpha value is -2.36. The van der Waals surface area contributed by atoms with Crippen LogP contribution in [-0.2, 0) is 17.6 Å². The maximum Gasteiger partial charge on any atom is 0.223 e. The first kappa shape index (κ1) is 16.5. The molecule has 1 unspecified atom stereocenters. The lowest BCUT2D eigenvalue weighted by Gasteiger charge is -2.35. The van der Waals surface area contributed by atoms with Crippen molar-refractivity contribution in [3.63, 3.8) is 0 Å². The van der Waals surface area contributed by atoms with Crippen molar-refractivity contribution in [2.24, 2.45) is 0 Å². The maximum absolute atomic E-state index is 12.6. The van der Waals surface area contributed by atoms with Crippen molar-refractivity contribution in [2.45, 2.75) is 38.6 Å². The van der Waals surface area contributed by atoms with E-state index in [1.807, 2.05) is 23.2 Å². The van der Waals surface area contributed by atoms with Crippen LogP contribution in [0.2, 0.25) is 0 Å². The van der Waals surface area contributed by atoms with Gasteiger partial charge in [0.1, 0.15) is 5.75 Å². The highest BCUT2D eigenvalue weighted by Crippen LogP contribution is 2.32. The molecule has 1 amide bonds. The summed E-state index contributed by atoms with van der Waals surface area (Å²) in [6, 6.07) is 10.3. The van der Waals surface area contributed by atoms with E-state index in [4.69, 9.17) is 4.74 Å². The van der Waals surface area contributed by atoms with E-state index in [2.05, 4.69) is 30.1 Å². The minimum Gasteiger partial charge on any atom is -0.497 e. The van der Waals surface area contributed by atoms with E-state index in [1.54, 1.807) is 13.3 Å². The van der Waals surface area contributed by atoms with Crippen LogP contribution >= 0.6 is 0 Å². The summed E-state index contributed by atoms with van der Waals surface area (Å²) in [4.78, 5) is 18.8. The Morgan fingerprint density at radius 1 is 1.38 bits per heavy atom. The molecule has 24 heavy (non-hydrogen) atoms. The zero-order valence-electron chi connectivity index (χ0n) is 14.4. The van der Waals surface area contributed by atoms with Crippen molar-refractivity contribution in [3.8, 4) is 5.75 Å². The fourth-order valence-corrected chi connectivity index (χ4v) is 3.39. The quantitative estimate of drug-likeness (QED) is 0.844. The first-order valence-electron chi connectivity index (χ1n) is 8.54. The van der Waals surface area contributed by atoms with Crippen molar-refractivity contribution in [2.75, 3.05) is 13.7 Å². The first-order chi connectivity index (χ1) is 11.7. The third-order valence-corrected chi connectivity index (χ3v) is 4.79. The topological polar surface area (TPSA) is 42.4 Å². The number of ether oxygens (including phenoxy) is 1. The van der Waals surface area contributed by atoms with Gasteiger partial charge in [0.15, 0.2) is 0 Å². The summed E-state index contributed by atoms with van der Waals surface area (Å²) >= 11 is 0. The summed E-state index contributed by atoms with van der Waals surface area (Å²) in [6.45, 7) is 2.91. The Bertz CT molecular complexity index is 700. The van der Waals surface area contributed by atoms with Crippen molar-refractivity contribution in [1.29, 1.82) is 0 Å². The summed E-state index contributed by atoms with van der Waals surface area (Å²) in [5.41, 5.74) is 3.72. The second-order valence-corrected chi connectivity index (χ2v) is 6.29. The molecule has 126 valence electrons. The number of carbonyl (C=O) groups is 1. The molecule has 0 fully saturated rings. The number of rotatable bonds is 5. The zero-order chi connectivity index (χ0) is 16.9. The highest BCUT2D eigenvalue weighted by Gasteiger charge is 2.27. The minimum absolute atomic E-state index is 0.106. The lowest BCUT2D eigenvalue weighted by molar-refractivity contribution is -0.133. The number of aromatic nitrogens is 1. The van der Waals surface area contributed by atoms with Gasteiger partial charge in [-0.2, -0.15) is 0 Å². The monoisotopic (exact) mass is 324 g/mol. The van der Waals surface area contributed by atoms with Gasteiger partial charge in [0.05, 0.1) is 13.2 Å². The molecule has 0 saturated carbocycles. The lowest BCUT2D eigenvalue weighted by Crippen LogP contribution is -2.38. The number of benzene rings is 1. The molecule has 0 aliphatic carbocycles. The van der Waals surface area contributed by atoms with Gasteiger partial charge in [-0.3, -0.25) is 9.78 Å². The van der Waals surface area contributed by atoms with Crippen LogP contribution in [0.15, 0.2) is 42.7 Å². The molecule has 4 heteroatoms. The number of hydrogen-bond acceptors (Lipinski definition) is 3. The molecule has 0 saturated heterocycles. The van der Waals surface area contributed by atoms with Crippen molar-refractivity contribution in [3.05, 3.63) is 59.4 Å². The summed E-state index contributed by atoms with van der Waals surface area (Å²) in [5, 5.41) is 0. The van der Waals surface area contributed by atoms with Gasteiger partial charge in [-0.1, -0.05) is 12.1 Å². The Morgan fingerprint density at radius 3 is 3.00 bits per heavy atom. The van der Waals surface area contributed by atoms with E-state index in [9.17, 15) is 4.79 Å². The smallest absolute Gasteiger partial charge is 0.223 e. The van der Waals surface area contributed by atoms with Gasteiger partial charge in [-0.05, 0) is 61.1 Å². The Labute approximate surface area is 143 Å². The van der Waals surface area contributed by atoms with Crippen LogP contribution < -0.4 is 4.74 Å². The van der Waals surface area contributed by atoms with E-state index in [-0.39, 0.29) is 11.9 Å². The highest BCUT2D eigenvalue weighted by atomic mass is 16.5. The highest BCUT2D eigenvalue weighted by molar-refractivity contribution is 5.77. The number of hydrogen-bond donors (Lipinski definition) is 0. The van der Waals surface area contributed by atoms with Gasteiger partial charge in [0, 0.05) is 25.4 Å². The number of nitrogens with zero attached hydrogens (tertiary/aromatic N) is 2. The Kier molecular flexibility index (Phi) is 5.14. The van der Waals surface area contributed by atoms with Gasteiger partial charge in [0.25, 0.3) is 0 Å². The molecule has 3 rings (SSSR count). The average molecular weight is 324 g/mol. The maximum atomic E-state index is 12.6. The Morgan fingerprint density at radius 2 is 2.25 bits per heavy atom. The van der Waals surface area contributed by atoms with E-state index >= 15 is 0 Å².